The highest BCUT2D eigenvalue weighted by Crippen LogP contribution is 2.28. The van der Waals surface area contributed by atoms with Crippen molar-refractivity contribution < 1.29 is 14.5 Å². The average Bonchev–Trinajstić information content (AvgIpc) is 3.33. The molecule has 2 heterocycles. The molecular formula is C23H29N4O2+. The van der Waals surface area contributed by atoms with Gasteiger partial charge in [0.2, 0.25) is 0 Å². The third-order valence-corrected chi connectivity index (χ3v) is 5.98. The van der Waals surface area contributed by atoms with Crippen molar-refractivity contribution in [3.63, 3.8) is 0 Å². The molecule has 2 aromatic rings. The van der Waals surface area contributed by atoms with Gasteiger partial charge in [0.1, 0.15) is 12.1 Å². The van der Waals surface area contributed by atoms with Gasteiger partial charge in [0.15, 0.2) is 6.67 Å². The Morgan fingerprint density at radius 3 is 2.38 bits per heavy atom. The zero-order valence-electron chi connectivity index (χ0n) is 17.1. The van der Waals surface area contributed by atoms with Crippen LogP contribution >= 0.6 is 0 Å². The van der Waals surface area contributed by atoms with Gasteiger partial charge in [-0.15, -0.1) is 0 Å². The number of carbonyl (C=O) groups is 2. The lowest BCUT2D eigenvalue weighted by Gasteiger charge is -2.25. The van der Waals surface area contributed by atoms with E-state index in [1.54, 1.807) is 6.92 Å². The minimum Gasteiger partial charge on any atom is -0.371 e. The molecule has 2 atom stereocenters. The number of nitrogens with zero attached hydrogens (tertiary/aromatic N) is 2. The van der Waals surface area contributed by atoms with Crippen LogP contribution in [0.4, 0.5) is 10.5 Å². The lowest BCUT2D eigenvalue weighted by molar-refractivity contribution is -0.901. The van der Waals surface area contributed by atoms with Gasteiger partial charge in [-0.05, 0) is 31.4 Å². The van der Waals surface area contributed by atoms with E-state index in [1.165, 1.54) is 29.0 Å². The van der Waals surface area contributed by atoms with E-state index in [0.29, 0.717) is 6.67 Å². The fourth-order valence-corrected chi connectivity index (χ4v) is 4.39. The summed E-state index contributed by atoms with van der Waals surface area (Å²) in [6.07, 6.45) is 2.47. The van der Waals surface area contributed by atoms with Crippen molar-refractivity contribution >= 4 is 17.6 Å². The van der Waals surface area contributed by atoms with Crippen LogP contribution in [-0.4, -0.2) is 43.6 Å². The fraction of sp³-hybridized carbons (Fsp3) is 0.391. The number of imide groups is 1. The number of anilines is 1. The Balaban J connectivity index is 1.47. The molecule has 2 fully saturated rings. The van der Waals surface area contributed by atoms with E-state index in [1.807, 2.05) is 37.4 Å². The summed E-state index contributed by atoms with van der Waals surface area (Å²) in [4.78, 5) is 30.6. The van der Waals surface area contributed by atoms with Crippen LogP contribution in [0.5, 0.6) is 0 Å². The van der Waals surface area contributed by atoms with Gasteiger partial charge < -0.3 is 15.1 Å². The number of urea groups is 1. The molecule has 29 heavy (non-hydrogen) atoms. The van der Waals surface area contributed by atoms with Crippen molar-refractivity contribution in [2.24, 2.45) is 0 Å². The first-order valence-electron chi connectivity index (χ1n) is 10.3. The van der Waals surface area contributed by atoms with Gasteiger partial charge in [-0.3, -0.25) is 4.79 Å². The first kappa shape index (κ1) is 19.5. The monoisotopic (exact) mass is 393 g/mol. The summed E-state index contributed by atoms with van der Waals surface area (Å²) in [6.45, 7) is 5.06. The molecule has 1 unspecified atom stereocenters. The molecule has 6 heteroatoms. The largest absolute Gasteiger partial charge is 0.371 e. The highest BCUT2D eigenvalue weighted by atomic mass is 16.2. The van der Waals surface area contributed by atoms with E-state index in [9.17, 15) is 9.59 Å². The number of nitrogens with one attached hydrogen (secondary N) is 2. The number of rotatable bonds is 6. The van der Waals surface area contributed by atoms with Gasteiger partial charge in [-0.2, -0.15) is 0 Å². The molecule has 0 spiro atoms. The standard InChI is InChI=1S/C23H28N4O2/c1-23(19-11-4-3-5-12-19)21(28)27(22(29)24-23)17-25(2)16-18-10-6-7-13-20(18)26-14-8-9-15-26/h3-7,10-13H,8-9,14-17H2,1-2H3,(H,24,29)/p+1/t23-/m1/s1. The van der Waals surface area contributed by atoms with E-state index in [0.717, 1.165) is 30.1 Å². The number of hydrogen-bond donors (Lipinski definition) is 2. The van der Waals surface area contributed by atoms with Gasteiger partial charge in [0.25, 0.3) is 5.91 Å². The maximum atomic E-state index is 13.1. The maximum absolute atomic E-state index is 13.1. The first-order chi connectivity index (χ1) is 14.0. The third-order valence-electron chi connectivity index (χ3n) is 5.98. The molecule has 2 aliphatic rings. The Kier molecular flexibility index (Phi) is 5.28. The summed E-state index contributed by atoms with van der Waals surface area (Å²) in [6, 6.07) is 17.6. The van der Waals surface area contributed by atoms with Crippen molar-refractivity contribution in [1.82, 2.24) is 10.2 Å². The van der Waals surface area contributed by atoms with Gasteiger partial charge in [-0.25, -0.2) is 9.69 Å². The topological polar surface area (TPSA) is 57.1 Å². The van der Waals surface area contributed by atoms with Crippen LogP contribution in [0.2, 0.25) is 0 Å². The fourth-order valence-electron chi connectivity index (χ4n) is 4.39. The Labute approximate surface area is 172 Å². The highest BCUT2D eigenvalue weighted by molar-refractivity contribution is 6.07. The van der Waals surface area contributed by atoms with Gasteiger partial charge in [0.05, 0.1) is 7.05 Å². The molecule has 0 saturated carbocycles. The van der Waals surface area contributed by atoms with Crippen LogP contribution < -0.4 is 15.1 Å². The second-order valence-electron chi connectivity index (χ2n) is 8.27. The normalized spacial score (nSPS) is 22.8. The van der Waals surface area contributed by atoms with Crippen molar-refractivity contribution in [2.75, 3.05) is 31.7 Å². The molecule has 2 saturated heterocycles. The van der Waals surface area contributed by atoms with Crippen molar-refractivity contribution in [2.45, 2.75) is 31.8 Å². The predicted octanol–water partition coefficient (Wildman–Crippen LogP) is 1.73. The van der Waals surface area contributed by atoms with E-state index >= 15 is 0 Å². The number of quaternary nitrogens is 1. The van der Waals surface area contributed by atoms with Crippen LogP contribution in [0.1, 0.15) is 30.9 Å². The SMILES string of the molecule is C[NH+](Cc1ccccc1N1CCCC1)CN1C(=O)N[C@](C)(c2ccccc2)C1=O. The number of para-hydroxylation sites is 1. The summed E-state index contributed by atoms with van der Waals surface area (Å²) in [5.41, 5.74) is 2.32. The summed E-state index contributed by atoms with van der Waals surface area (Å²) in [7, 11) is 2.03. The molecule has 0 radical (unpaired) electrons. The van der Waals surface area contributed by atoms with Crippen molar-refractivity contribution in [3.8, 4) is 0 Å². The Hall–Kier alpha value is -2.86. The molecule has 0 bridgehead atoms. The number of carbonyl (C=O) groups excluding carboxylic acids is 2. The molecule has 3 amide bonds. The van der Waals surface area contributed by atoms with E-state index in [-0.39, 0.29) is 11.9 Å². The van der Waals surface area contributed by atoms with Crippen LogP contribution in [0, 0.1) is 0 Å². The highest BCUT2D eigenvalue weighted by Gasteiger charge is 2.49. The Morgan fingerprint density at radius 1 is 1.00 bits per heavy atom. The molecule has 0 aromatic heterocycles. The number of hydrogen-bond acceptors (Lipinski definition) is 3. The molecule has 2 aromatic carbocycles. The van der Waals surface area contributed by atoms with Crippen molar-refractivity contribution in [3.05, 3.63) is 65.7 Å². The first-order valence-corrected chi connectivity index (χ1v) is 10.3. The van der Waals surface area contributed by atoms with Crippen molar-refractivity contribution in [1.29, 1.82) is 0 Å². The van der Waals surface area contributed by atoms with Crippen LogP contribution in [0.15, 0.2) is 54.6 Å². The summed E-state index contributed by atoms with van der Waals surface area (Å²) < 4.78 is 0. The predicted molar refractivity (Wildman–Crippen MR) is 113 cm³/mol. The number of benzene rings is 2. The van der Waals surface area contributed by atoms with Gasteiger partial charge in [-0.1, -0.05) is 48.5 Å². The van der Waals surface area contributed by atoms with Gasteiger partial charge >= 0.3 is 6.03 Å². The summed E-state index contributed by atoms with van der Waals surface area (Å²) in [5.74, 6) is -0.194. The van der Waals surface area contributed by atoms with Crippen LogP contribution in [0.3, 0.4) is 0 Å². The summed E-state index contributed by atoms with van der Waals surface area (Å²) >= 11 is 0. The lowest BCUT2D eigenvalue weighted by Crippen LogP contribution is -3.09. The molecule has 2 N–H and O–H groups in total. The maximum Gasteiger partial charge on any atom is 0.329 e. The molecule has 4 rings (SSSR count). The second-order valence-corrected chi connectivity index (χ2v) is 8.27. The minimum absolute atomic E-state index is 0.194. The molecule has 2 aliphatic heterocycles. The zero-order valence-corrected chi connectivity index (χ0v) is 17.1. The van der Waals surface area contributed by atoms with Crippen LogP contribution in [-0.2, 0) is 16.9 Å². The number of amides is 3. The third kappa shape index (κ3) is 3.72. The second kappa shape index (κ2) is 7.87. The summed E-state index contributed by atoms with van der Waals surface area (Å²) in [5, 5.41) is 2.89. The van der Waals surface area contributed by atoms with E-state index in [4.69, 9.17) is 0 Å². The smallest absolute Gasteiger partial charge is 0.329 e. The van der Waals surface area contributed by atoms with Gasteiger partial charge in [0, 0.05) is 24.3 Å². The average molecular weight is 394 g/mol. The van der Waals surface area contributed by atoms with E-state index in [2.05, 4.69) is 34.5 Å². The Morgan fingerprint density at radius 2 is 1.66 bits per heavy atom. The molecule has 152 valence electrons. The minimum atomic E-state index is -1.01. The molecule has 6 nitrogen and oxygen atoms in total. The van der Waals surface area contributed by atoms with Crippen LogP contribution in [0.25, 0.3) is 0 Å². The lowest BCUT2D eigenvalue weighted by atomic mass is 9.92. The molecule has 0 aliphatic carbocycles. The zero-order chi connectivity index (χ0) is 20.4. The Bertz CT molecular complexity index is 895. The van der Waals surface area contributed by atoms with E-state index < -0.39 is 5.54 Å². The quantitative estimate of drug-likeness (QED) is 0.735. The molecular weight excluding hydrogens is 364 g/mol.